The van der Waals surface area contributed by atoms with Gasteiger partial charge in [0.1, 0.15) is 18.1 Å². The van der Waals surface area contributed by atoms with Crippen LogP contribution < -0.4 is 4.74 Å². The van der Waals surface area contributed by atoms with E-state index in [0.29, 0.717) is 6.61 Å². The van der Waals surface area contributed by atoms with E-state index in [2.05, 4.69) is 4.98 Å². The van der Waals surface area contributed by atoms with E-state index in [1.165, 1.54) is 0 Å². The number of aromatic hydroxyl groups is 1. The Morgan fingerprint density at radius 2 is 2.00 bits per heavy atom. The summed E-state index contributed by atoms with van der Waals surface area (Å²) in [6.45, 7) is 0.509. The number of aromatic nitrogens is 1. The maximum Gasteiger partial charge on any atom is 0.131 e. The number of phenols is 1. The normalized spacial score (nSPS) is 12.6. The van der Waals surface area contributed by atoms with Gasteiger partial charge in [-0.3, -0.25) is 4.98 Å². The van der Waals surface area contributed by atoms with Crippen LogP contribution in [0.5, 0.6) is 11.5 Å². The second-order valence-corrected chi connectivity index (χ2v) is 4.60. The van der Waals surface area contributed by atoms with Crippen LogP contribution in [-0.2, 0) is 6.61 Å². The molecule has 2 aromatic carbocycles. The SMILES string of the molecule is Oc1cccc2c1-c1ccc3ncccc3c1CO2. The van der Waals surface area contributed by atoms with E-state index in [1.54, 1.807) is 18.3 Å². The smallest absolute Gasteiger partial charge is 0.131 e. The summed E-state index contributed by atoms with van der Waals surface area (Å²) < 4.78 is 5.75. The van der Waals surface area contributed by atoms with Crippen LogP contribution in [0.3, 0.4) is 0 Å². The molecule has 1 aliphatic heterocycles. The summed E-state index contributed by atoms with van der Waals surface area (Å²) in [7, 11) is 0. The number of fused-ring (bicyclic) bond motifs is 5. The van der Waals surface area contributed by atoms with Crippen LogP contribution in [-0.4, -0.2) is 10.1 Å². The number of rotatable bonds is 0. The van der Waals surface area contributed by atoms with E-state index in [9.17, 15) is 5.11 Å². The Balaban J connectivity index is 2.11. The maximum atomic E-state index is 10.1. The van der Waals surface area contributed by atoms with E-state index in [0.717, 1.165) is 33.3 Å². The topological polar surface area (TPSA) is 42.4 Å². The molecular formula is C16H11NO2. The highest BCUT2D eigenvalue weighted by atomic mass is 16.5. The van der Waals surface area contributed by atoms with Crippen LogP contribution >= 0.6 is 0 Å². The molecule has 1 aromatic heterocycles. The molecule has 2 heterocycles. The summed E-state index contributed by atoms with van der Waals surface area (Å²) in [5.74, 6) is 0.984. The van der Waals surface area contributed by atoms with Crippen molar-refractivity contribution >= 4 is 10.9 Å². The fraction of sp³-hybridized carbons (Fsp3) is 0.0625. The van der Waals surface area contributed by atoms with E-state index >= 15 is 0 Å². The molecule has 0 atom stereocenters. The highest BCUT2D eigenvalue weighted by Gasteiger charge is 2.21. The van der Waals surface area contributed by atoms with Crippen LogP contribution in [0.2, 0.25) is 0 Å². The molecule has 0 bridgehead atoms. The molecular weight excluding hydrogens is 238 g/mol. The average Bonchev–Trinajstić information content (AvgIpc) is 2.46. The van der Waals surface area contributed by atoms with Gasteiger partial charge < -0.3 is 9.84 Å². The van der Waals surface area contributed by atoms with E-state index in [1.807, 2.05) is 30.3 Å². The van der Waals surface area contributed by atoms with Gasteiger partial charge in [-0.15, -0.1) is 0 Å². The van der Waals surface area contributed by atoms with Crippen molar-refractivity contribution in [3.8, 4) is 22.6 Å². The third-order valence-electron chi connectivity index (χ3n) is 3.54. The third-order valence-corrected chi connectivity index (χ3v) is 3.54. The zero-order valence-corrected chi connectivity index (χ0v) is 10.1. The molecule has 0 fully saturated rings. The molecule has 3 nitrogen and oxygen atoms in total. The van der Waals surface area contributed by atoms with Gasteiger partial charge in [-0.1, -0.05) is 18.2 Å². The molecule has 3 aromatic rings. The van der Waals surface area contributed by atoms with Gasteiger partial charge in [0.15, 0.2) is 0 Å². The highest BCUT2D eigenvalue weighted by molar-refractivity contribution is 5.92. The summed E-state index contributed by atoms with van der Waals surface area (Å²) in [6, 6.07) is 13.3. The van der Waals surface area contributed by atoms with Gasteiger partial charge in [0.2, 0.25) is 0 Å². The minimum absolute atomic E-state index is 0.252. The Hall–Kier alpha value is -2.55. The minimum Gasteiger partial charge on any atom is -0.507 e. The van der Waals surface area contributed by atoms with Crippen molar-refractivity contribution in [3.63, 3.8) is 0 Å². The molecule has 0 saturated carbocycles. The van der Waals surface area contributed by atoms with Gasteiger partial charge in [0.25, 0.3) is 0 Å². The van der Waals surface area contributed by atoms with Crippen LogP contribution in [0, 0.1) is 0 Å². The van der Waals surface area contributed by atoms with Crippen molar-refractivity contribution in [2.75, 3.05) is 0 Å². The average molecular weight is 249 g/mol. The molecule has 0 amide bonds. The zero-order chi connectivity index (χ0) is 12.8. The van der Waals surface area contributed by atoms with Crippen molar-refractivity contribution in [2.24, 2.45) is 0 Å². The first-order valence-electron chi connectivity index (χ1n) is 6.16. The Morgan fingerprint density at radius 3 is 2.95 bits per heavy atom. The predicted molar refractivity (Wildman–Crippen MR) is 73.2 cm³/mol. The molecule has 92 valence electrons. The first-order chi connectivity index (χ1) is 9.34. The molecule has 1 aliphatic rings. The zero-order valence-electron chi connectivity index (χ0n) is 10.1. The molecule has 19 heavy (non-hydrogen) atoms. The standard InChI is InChI=1S/C16H11NO2/c18-14-4-1-5-15-16(14)11-6-7-13-10(3-2-8-17-13)12(11)9-19-15/h1-8,18H,9H2. The van der Waals surface area contributed by atoms with Crippen molar-refractivity contribution < 1.29 is 9.84 Å². The number of hydrogen-bond donors (Lipinski definition) is 1. The van der Waals surface area contributed by atoms with Gasteiger partial charge in [-0.25, -0.2) is 0 Å². The monoisotopic (exact) mass is 249 g/mol. The second kappa shape index (κ2) is 3.72. The predicted octanol–water partition coefficient (Wildman–Crippen LogP) is 3.50. The van der Waals surface area contributed by atoms with Gasteiger partial charge in [0.05, 0.1) is 11.1 Å². The molecule has 0 unspecified atom stereocenters. The molecule has 4 rings (SSSR count). The number of benzene rings is 2. The first kappa shape index (κ1) is 10.4. The largest absolute Gasteiger partial charge is 0.507 e. The van der Waals surface area contributed by atoms with Gasteiger partial charge in [-0.05, 0) is 29.8 Å². The minimum atomic E-state index is 0.252. The second-order valence-electron chi connectivity index (χ2n) is 4.60. The van der Waals surface area contributed by atoms with Crippen molar-refractivity contribution in [3.05, 3.63) is 54.2 Å². The molecule has 1 N–H and O–H groups in total. The van der Waals surface area contributed by atoms with Gasteiger partial charge in [-0.2, -0.15) is 0 Å². The Bertz CT molecular complexity index is 796. The Labute approximate surface area is 110 Å². The van der Waals surface area contributed by atoms with Crippen molar-refractivity contribution in [2.45, 2.75) is 6.61 Å². The van der Waals surface area contributed by atoms with Crippen LogP contribution in [0.1, 0.15) is 5.56 Å². The summed E-state index contributed by atoms with van der Waals surface area (Å²) >= 11 is 0. The molecule has 3 heteroatoms. The summed E-state index contributed by atoms with van der Waals surface area (Å²) in [5, 5.41) is 11.2. The lowest BCUT2D eigenvalue weighted by Gasteiger charge is -2.22. The number of hydrogen-bond acceptors (Lipinski definition) is 3. The van der Waals surface area contributed by atoms with Crippen molar-refractivity contribution in [1.82, 2.24) is 4.98 Å². The summed E-state index contributed by atoms with van der Waals surface area (Å²) in [6.07, 6.45) is 1.78. The summed E-state index contributed by atoms with van der Waals surface area (Å²) in [5.41, 5.74) is 3.83. The quantitative estimate of drug-likeness (QED) is 0.663. The lowest BCUT2D eigenvalue weighted by atomic mass is 9.93. The Kier molecular flexibility index (Phi) is 2.03. The maximum absolute atomic E-state index is 10.1. The number of pyridine rings is 1. The van der Waals surface area contributed by atoms with Gasteiger partial charge >= 0.3 is 0 Å². The number of phenolic OH excluding ortho intramolecular Hbond substituents is 1. The van der Waals surface area contributed by atoms with Crippen LogP contribution in [0.4, 0.5) is 0 Å². The number of ether oxygens (including phenoxy) is 1. The van der Waals surface area contributed by atoms with Gasteiger partial charge in [0, 0.05) is 17.1 Å². The Morgan fingerprint density at radius 1 is 1.05 bits per heavy atom. The van der Waals surface area contributed by atoms with Crippen molar-refractivity contribution in [1.29, 1.82) is 0 Å². The van der Waals surface area contributed by atoms with E-state index in [-0.39, 0.29) is 5.75 Å². The fourth-order valence-electron chi connectivity index (χ4n) is 2.66. The van der Waals surface area contributed by atoms with E-state index in [4.69, 9.17) is 4.74 Å². The lowest BCUT2D eigenvalue weighted by Crippen LogP contribution is -2.06. The molecule has 0 spiro atoms. The highest BCUT2D eigenvalue weighted by Crippen LogP contribution is 2.44. The van der Waals surface area contributed by atoms with E-state index < -0.39 is 0 Å². The fourth-order valence-corrected chi connectivity index (χ4v) is 2.66. The number of nitrogens with zero attached hydrogens (tertiary/aromatic N) is 1. The summed E-state index contributed by atoms with van der Waals surface area (Å²) in [4.78, 5) is 4.35. The van der Waals surface area contributed by atoms with Crippen LogP contribution in [0.25, 0.3) is 22.0 Å². The first-order valence-corrected chi connectivity index (χ1v) is 6.16. The van der Waals surface area contributed by atoms with Crippen LogP contribution in [0.15, 0.2) is 48.7 Å². The molecule has 0 saturated heterocycles. The lowest BCUT2D eigenvalue weighted by molar-refractivity contribution is 0.302. The molecule has 0 aliphatic carbocycles. The third kappa shape index (κ3) is 1.41. The molecule has 0 radical (unpaired) electrons.